The van der Waals surface area contributed by atoms with E-state index in [2.05, 4.69) is 0 Å². The number of rotatable bonds is 3. The lowest BCUT2D eigenvalue weighted by Gasteiger charge is -2.22. The van der Waals surface area contributed by atoms with Crippen LogP contribution in [-0.2, 0) is 4.79 Å². The Balaban J connectivity index is 2.35. The molecule has 0 bridgehead atoms. The number of alkyl halides is 3. The van der Waals surface area contributed by atoms with E-state index < -0.39 is 30.5 Å². The molecule has 1 unspecified atom stereocenters. The molecule has 4 nitrogen and oxygen atoms in total. The molecule has 0 aliphatic carbocycles. The van der Waals surface area contributed by atoms with Crippen molar-refractivity contribution in [1.82, 2.24) is 4.90 Å². The van der Waals surface area contributed by atoms with E-state index in [1.165, 1.54) is 24.3 Å². The van der Waals surface area contributed by atoms with Gasteiger partial charge in [0.1, 0.15) is 12.3 Å². The molecule has 1 aromatic carbocycles. The van der Waals surface area contributed by atoms with E-state index in [9.17, 15) is 27.6 Å². The summed E-state index contributed by atoms with van der Waals surface area (Å²) in [6.45, 7) is 0. The number of aldehydes is 1. The van der Waals surface area contributed by atoms with Crippen LogP contribution in [0.4, 0.5) is 13.2 Å². The normalized spacial score (nSPS) is 16.5. The molecule has 0 saturated carbocycles. The third-order valence-electron chi connectivity index (χ3n) is 2.75. The quantitative estimate of drug-likeness (QED) is 0.622. The highest BCUT2D eigenvalue weighted by atomic mass is 19.4. The maximum Gasteiger partial charge on any atom is 0.391 e. The van der Waals surface area contributed by atoms with Gasteiger partial charge in [0.2, 0.25) is 0 Å². The Hall–Kier alpha value is -2.18. The Morgan fingerprint density at radius 2 is 1.58 bits per heavy atom. The molecule has 1 aromatic rings. The third-order valence-corrected chi connectivity index (χ3v) is 2.75. The second kappa shape index (κ2) is 4.49. The fraction of sp³-hybridized carbons (Fsp3) is 0.250. The average molecular weight is 271 g/mol. The fourth-order valence-electron chi connectivity index (χ4n) is 1.95. The van der Waals surface area contributed by atoms with Crippen molar-refractivity contribution in [1.29, 1.82) is 0 Å². The highest BCUT2D eigenvalue weighted by molar-refractivity contribution is 6.22. The SMILES string of the molecule is O=CC(CC(F)(F)F)N1C(=O)c2ccccc2C1=O. The van der Waals surface area contributed by atoms with Crippen molar-refractivity contribution < 1.29 is 27.6 Å². The van der Waals surface area contributed by atoms with Crippen molar-refractivity contribution in [2.45, 2.75) is 18.6 Å². The molecule has 2 rings (SSSR count). The Labute approximate surface area is 105 Å². The number of hydrogen-bond donors (Lipinski definition) is 0. The first-order valence-corrected chi connectivity index (χ1v) is 5.34. The lowest BCUT2D eigenvalue weighted by molar-refractivity contribution is -0.147. The Morgan fingerprint density at radius 1 is 1.11 bits per heavy atom. The molecule has 7 heteroatoms. The van der Waals surface area contributed by atoms with E-state index in [1.807, 2.05) is 0 Å². The summed E-state index contributed by atoms with van der Waals surface area (Å²) in [6, 6.07) is 3.84. The molecule has 0 radical (unpaired) electrons. The summed E-state index contributed by atoms with van der Waals surface area (Å²) in [7, 11) is 0. The van der Waals surface area contributed by atoms with Gasteiger partial charge in [-0.2, -0.15) is 13.2 Å². The van der Waals surface area contributed by atoms with Gasteiger partial charge in [-0.05, 0) is 12.1 Å². The van der Waals surface area contributed by atoms with Gasteiger partial charge in [-0.15, -0.1) is 0 Å². The van der Waals surface area contributed by atoms with Crippen molar-refractivity contribution in [3.8, 4) is 0 Å². The van der Waals surface area contributed by atoms with Crippen LogP contribution in [-0.4, -0.2) is 35.2 Å². The number of fused-ring (bicyclic) bond motifs is 1. The number of hydrogen-bond acceptors (Lipinski definition) is 3. The number of amides is 2. The standard InChI is InChI=1S/C12H8F3NO3/c13-12(14,15)5-7(6-17)16-10(18)8-3-1-2-4-9(8)11(16)19/h1-4,6-7H,5H2. The van der Waals surface area contributed by atoms with E-state index in [0.29, 0.717) is 4.90 Å². The molecule has 1 heterocycles. The molecule has 100 valence electrons. The summed E-state index contributed by atoms with van der Waals surface area (Å²) in [5.74, 6) is -1.75. The topological polar surface area (TPSA) is 54.5 Å². The molecular formula is C12H8F3NO3. The third kappa shape index (κ3) is 2.35. The van der Waals surface area contributed by atoms with Crippen LogP contribution < -0.4 is 0 Å². The van der Waals surface area contributed by atoms with E-state index in [1.54, 1.807) is 0 Å². The molecule has 0 spiro atoms. The van der Waals surface area contributed by atoms with Gasteiger partial charge < -0.3 is 4.79 Å². The highest BCUT2D eigenvalue weighted by Crippen LogP contribution is 2.29. The molecule has 19 heavy (non-hydrogen) atoms. The van der Waals surface area contributed by atoms with Crippen molar-refractivity contribution in [3.05, 3.63) is 35.4 Å². The zero-order chi connectivity index (χ0) is 14.2. The van der Waals surface area contributed by atoms with Crippen LogP contribution in [0.25, 0.3) is 0 Å². The first-order valence-electron chi connectivity index (χ1n) is 5.34. The molecule has 1 aliphatic rings. The number of nitrogens with zero attached hydrogens (tertiary/aromatic N) is 1. The summed E-state index contributed by atoms with van der Waals surface area (Å²) in [5, 5.41) is 0. The summed E-state index contributed by atoms with van der Waals surface area (Å²) >= 11 is 0. The fourth-order valence-corrected chi connectivity index (χ4v) is 1.95. The Kier molecular flexibility index (Phi) is 3.13. The molecule has 1 aliphatic heterocycles. The number of carbonyl (C=O) groups excluding carboxylic acids is 3. The molecule has 0 saturated heterocycles. The summed E-state index contributed by atoms with van der Waals surface area (Å²) in [6.07, 6.45) is -6.21. The van der Waals surface area contributed by atoms with Crippen LogP contribution in [0, 0.1) is 0 Å². The van der Waals surface area contributed by atoms with Crippen LogP contribution in [0.1, 0.15) is 27.1 Å². The minimum Gasteiger partial charge on any atom is -0.301 e. The van der Waals surface area contributed by atoms with Crippen LogP contribution in [0.3, 0.4) is 0 Å². The summed E-state index contributed by atoms with van der Waals surface area (Å²) in [5.41, 5.74) is 0.0306. The second-order valence-electron chi connectivity index (χ2n) is 4.05. The van der Waals surface area contributed by atoms with E-state index in [-0.39, 0.29) is 17.4 Å². The number of imide groups is 1. The van der Waals surface area contributed by atoms with Crippen molar-refractivity contribution >= 4 is 18.1 Å². The predicted octanol–water partition coefficient (Wildman–Crippen LogP) is 1.80. The Bertz CT molecular complexity index is 518. The minimum absolute atomic E-state index is 0.0153. The van der Waals surface area contributed by atoms with Crippen LogP contribution in [0.5, 0.6) is 0 Å². The van der Waals surface area contributed by atoms with Gasteiger partial charge in [0.15, 0.2) is 0 Å². The van der Waals surface area contributed by atoms with E-state index >= 15 is 0 Å². The van der Waals surface area contributed by atoms with Crippen molar-refractivity contribution in [2.75, 3.05) is 0 Å². The van der Waals surface area contributed by atoms with Gasteiger partial charge in [0.25, 0.3) is 11.8 Å². The van der Waals surface area contributed by atoms with Crippen molar-refractivity contribution in [3.63, 3.8) is 0 Å². The molecule has 0 aromatic heterocycles. The van der Waals surface area contributed by atoms with Gasteiger partial charge >= 0.3 is 6.18 Å². The molecular weight excluding hydrogens is 263 g/mol. The van der Waals surface area contributed by atoms with Crippen LogP contribution in [0.2, 0.25) is 0 Å². The van der Waals surface area contributed by atoms with Gasteiger partial charge in [-0.3, -0.25) is 14.5 Å². The van der Waals surface area contributed by atoms with Gasteiger partial charge in [-0.1, -0.05) is 12.1 Å². The van der Waals surface area contributed by atoms with E-state index in [4.69, 9.17) is 0 Å². The van der Waals surface area contributed by atoms with Gasteiger partial charge in [0, 0.05) is 0 Å². The second-order valence-corrected chi connectivity index (χ2v) is 4.05. The van der Waals surface area contributed by atoms with Crippen LogP contribution in [0.15, 0.2) is 24.3 Å². The lowest BCUT2D eigenvalue weighted by Crippen LogP contribution is -2.43. The zero-order valence-corrected chi connectivity index (χ0v) is 9.48. The van der Waals surface area contributed by atoms with Gasteiger partial charge in [0.05, 0.1) is 17.5 Å². The predicted molar refractivity (Wildman–Crippen MR) is 57.5 cm³/mol. The number of benzene rings is 1. The monoisotopic (exact) mass is 271 g/mol. The number of carbonyl (C=O) groups is 3. The smallest absolute Gasteiger partial charge is 0.301 e. The average Bonchev–Trinajstić information content (AvgIpc) is 2.59. The lowest BCUT2D eigenvalue weighted by atomic mass is 10.1. The largest absolute Gasteiger partial charge is 0.391 e. The minimum atomic E-state index is -4.64. The van der Waals surface area contributed by atoms with Crippen molar-refractivity contribution in [2.24, 2.45) is 0 Å². The molecule has 0 fully saturated rings. The molecule has 0 N–H and O–H groups in total. The Morgan fingerprint density at radius 3 is 1.95 bits per heavy atom. The highest BCUT2D eigenvalue weighted by Gasteiger charge is 2.44. The van der Waals surface area contributed by atoms with Crippen LogP contribution >= 0.6 is 0 Å². The van der Waals surface area contributed by atoms with Gasteiger partial charge in [-0.25, -0.2) is 0 Å². The summed E-state index contributed by atoms with van der Waals surface area (Å²) < 4.78 is 37.0. The number of halogens is 3. The molecule has 2 amide bonds. The van der Waals surface area contributed by atoms with E-state index in [0.717, 1.165) is 0 Å². The zero-order valence-electron chi connectivity index (χ0n) is 9.48. The molecule has 1 atom stereocenters. The maximum absolute atomic E-state index is 12.3. The first kappa shape index (κ1) is 13.3. The first-order chi connectivity index (χ1) is 8.85. The summed E-state index contributed by atoms with van der Waals surface area (Å²) in [4.78, 5) is 34.9. The maximum atomic E-state index is 12.3.